The van der Waals surface area contributed by atoms with E-state index < -0.39 is 0 Å². The van der Waals surface area contributed by atoms with Gasteiger partial charge in [0.2, 0.25) is 12.7 Å². The summed E-state index contributed by atoms with van der Waals surface area (Å²) < 4.78 is 10.6. The Morgan fingerprint density at radius 2 is 1.96 bits per heavy atom. The first-order valence-electron chi connectivity index (χ1n) is 8.41. The maximum Gasteiger partial charge on any atom is 0.325 e. The zero-order valence-electron chi connectivity index (χ0n) is 14.3. The first-order valence-corrected chi connectivity index (χ1v) is 8.41. The topological polar surface area (TPSA) is 94.9 Å². The van der Waals surface area contributed by atoms with Gasteiger partial charge in [0.1, 0.15) is 12.6 Å². The molecule has 1 saturated heterocycles. The number of urea groups is 1. The molecule has 27 heavy (non-hydrogen) atoms. The second-order valence-electron chi connectivity index (χ2n) is 6.10. The minimum Gasteiger partial charge on any atom is -0.454 e. The summed E-state index contributed by atoms with van der Waals surface area (Å²) in [4.78, 5) is 28.0. The van der Waals surface area contributed by atoms with E-state index in [0.717, 1.165) is 0 Å². The molecule has 4 rings (SSSR count). The minimum atomic E-state index is -0.349. The molecular weight excluding hydrogens is 348 g/mol. The lowest BCUT2D eigenvalue weighted by molar-refractivity contribution is -0.116. The van der Waals surface area contributed by atoms with Crippen molar-refractivity contribution < 1.29 is 19.1 Å². The molecule has 0 atom stereocenters. The minimum absolute atomic E-state index is 0.0837. The monoisotopic (exact) mass is 364 g/mol. The van der Waals surface area contributed by atoms with Gasteiger partial charge in [-0.2, -0.15) is 5.26 Å². The molecule has 0 radical (unpaired) electrons. The van der Waals surface area contributed by atoms with Crippen LogP contribution in [-0.4, -0.2) is 43.3 Å². The van der Waals surface area contributed by atoms with Crippen molar-refractivity contribution in [3.05, 3.63) is 48.0 Å². The molecule has 0 bridgehead atoms. The van der Waals surface area contributed by atoms with Gasteiger partial charge in [-0.15, -0.1) is 0 Å². The number of nitriles is 1. The molecule has 0 unspecified atom stereocenters. The summed E-state index contributed by atoms with van der Waals surface area (Å²) in [5.74, 6) is 0.904. The van der Waals surface area contributed by atoms with Crippen LogP contribution in [0.25, 0.3) is 0 Å². The van der Waals surface area contributed by atoms with Crippen LogP contribution in [0, 0.1) is 11.3 Å². The molecule has 136 valence electrons. The largest absolute Gasteiger partial charge is 0.454 e. The Hall–Kier alpha value is -3.73. The number of nitrogens with zero attached hydrogens (tertiary/aromatic N) is 3. The fourth-order valence-corrected chi connectivity index (χ4v) is 3.07. The van der Waals surface area contributed by atoms with Crippen molar-refractivity contribution in [1.29, 1.82) is 5.26 Å². The summed E-state index contributed by atoms with van der Waals surface area (Å²) in [6, 6.07) is 13.8. The second-order valence-corrected chi connectivity index (χ2v) is 6.10. The summed E-state index contributed by atoms with van der Waals surface area (Å²) in [6.45, 7) is 0.990. The van der Waals surface area contributed by atoms with Gasteiger partial charge < -0.3 is 19.7 Å². The molecule has 0 aliphatic carbocycles. The van der Waals surface area contributed by atoms with E-state index in [1.54, 1.807) is 47.4 Å². The Morgan fingerprint density at radius 1 is 1.15 bits per heavy atom. The van der Waals surface area contributed by atoms with E-state index in [1.165, 1.54) is 4.90 Å². The molecule has 0 saturated carbocycles. The van der Waals surface area contributed by atoms with Gasteiger partial charge in [0.15, 0.2) is 11.5 Å². The highest BCUT2D eigenvalue weighted by molar-refractivity contribution is 6.00. The molecule has 2 aliphatic heterocycles. The molecule has 3 amide bonds. The van der Waals surface area contributed by atoms with Crippen LogP contribution >= 0.6 is 0 Å². The predicted molar refractivity (Wildman–Crippen MR) is 96.7 cm³/mol. The lowest BCUT2D eigenvalue weighted by Crippen LogP contribution is -2.37. The van der Waals surface area contributed by atoms with Crippen LogP contribution in [-0.2, 0) is 4.79 Å². The highest BCUT2D eigenvalue weighted by Gasteiger charge is 2.31. The highest BCUT2D eigenvalue weighted by Crippen LogP contribution is 2.36. The van der Waals surface area contributed by atoms with E-state index in [2.05, 4.69) is 5.32 Å². The number of carbonyl (C=O) groups is 2. The molecule has 0 aromatic heterocycles. The summed E-state index contributed by atoms with van der Waals surface area (Å²) in [6.07, 6.45) is 0. The number of hydrogen-bond donors (Lipinski definition) is 1. The van der Waals surface area contributed by atoms with Crippen LogP contribution < -0.4 is 19.7 Å². The van der Waals surface area contributed by atoms with Crippen LogP contribution in [0.2, 0.25) is 0 Å². The third-order valence-corrected chi connectivity index (χ3v) is 4.42. The number of hydrogen-bond acceptors (Lipinski definition) is 5. The van der Waals surface area contributed by atoms with Crippen LogP contribution in [0.1, 0.15) is 5.56 Å². The molecule has 2 heterocycles. The van der Waals surface area contributed by atoms with Crippen LogP contribution in [0.5, 0.6) is 11.5 Å². The highest BCUT2D eigenvalue weighted by atomic mass is 16.7. The van der Waals surface area contributed by atoms with Gasteiger partial charge in [0.25, 0.3) is 0 Å². The Bertz CT molecular complexity index is 953. The molecule has 2 aliphatic rings. The van der Waals surface area contributed by atoms with Crippen molar-refractivity contribution in [2.24, 2.45) is 0 Å². The van der Waals surface area contributed by atoms with Crippen molar-refractivity contribution in [2.45, 2.75) is 0 Å². The molecule has 1 fully saturated rings. The van der Waals surface area contributed by atoms with Crippen molar-refractivity contribution >= 4 is 23.3 Å². The van der Waals surface area contributed by atoms with Crippen molar-refractivity contribution in [1.82, 2.24) is 4.90 Å². The lowest BCUT2D eigenvalue weighted by Gasteiger charge is -2.19. The Morgan fingerprint density at radius 3 is 2.81 bits per heavy atom. The van der Waals surface area contributed by atoms with Crippen LogP contribution in [0.3, 0.4) is 0 Å². The molecule has 8 heteroatoms. The molecule has 2 aromatic rings. The number of carbonyl (C=O) groups excluding carboxylic acids is 2. The fraction of sp³-hybridized carbons (Fsp3) is 0.211. The van der Waals surface area contributed by atoms with Crippen LogP contribution in [0.4, 0.5) is 16.2 Å². The smallest absolute Gasteiger partial charge is 0.325 e. The maximum absolute atomic E-state index is 12.7. The number of benzene rings is 2. The molecule has 0 spiro atoms. The number of rotatable bonds is 4. The zero-order chi connectivity index (χ0) is 18.8. The van der Waals surface area contributed by atoms with E-state index in [4.69, 9.17) is 14.7 Å². The van der Waals surface area contributed by atoms with Gasteiger partial charge >= 0.3 is 6.03 Å². The number of para-hydroxylation sites is 1. The summed E-state index contributed by atoms with van der Waals surface area (Å²) in [5.41, 5.74) is 1.51. The molecule has 8 nitrogen and oxygen atoms in total. The Labute approximate surface area is 155 Å². The van der Waals surface area contributed by atoms with Gasteiger partial charge in [-0.25, -0.2) is 4.79 Å². The quantitative estimate of drug-likeness (QED) is 0.897. The van der Waals surface area contributed by atoms with Gasteiger partial charge in [-0.3, -0.25) is 9.69 Å². The van der Waals surface area contributed by atoms with Gasteiger partial charge in [-0.05, 0) is 24.3 Å². The van der Waals surface area contributed by atoms with Gasteiger partial charge in [-0.1, -0.05) is 12.1 Å². The number of fused-ring (bicyclic) bond motifs is 1. The van der Waals surface area contributed by atoms with Crippen molar-refractivity contribution in [3.8, 4) is 17.6 Å². The molecular formula is C19H16N4O4. The predicted octanol–water partition coefficient (Wildman–Crippen LogP) is 2.17. The average molecular weight is 364 g/mol. The number of anilines is 2. The van der Waals surface area contributed by atoms with Crippen LogP contribution in [0.15, 0.2) is 42.5 Å². The Balaban J connectivity index is 1.42. The third-order valence-electron chi connectivity index (χ3n) is 4.42. The number of nitrogens with one attached hydrogen (secondary N) is 1. The molecule has 1 N–H and O–H groups in total. The maximum atomic E-state index is 12.7. The van der Waals surface area contributed by atoms with E-state index in [1.807, 2.05) is 6.07 Å². The van der Waals surface area contributed by atoms with Gasteiger partial charge in [0.05, 0.1) is 11.3 Å². The van der Waals surface area contributed by atoms with Gasteiger partial charge in [0, 0.05) is 24.8 Å². The second kappa shape index (κ2) is 6.88. The van der Waals surface area contributed by atoms with E-state index in [9.17, 15) is 9.59 Å². The van der Waals surface area contributed by atoms with E-state index in [-0.39, 0.29) is 25.3 Å². The normalized spacial score (nSPS) is 15.0. The standard InChI is InChI=1S/C19H16N4O4/c20-10-13-3-1-2-4-15(13)21-18(24)11-22-7-8-23(19(22)25)14-5-6-16-17(9-14)27-12-26-16/h1-6,9H,7-8,11-12H2,(H,21,24). The zero-order valence-corrected chi connectivity index (χ0v) is 14.3. The SMILES string of the molecule is N#Cc1ccccc1NC(=O)CN1CCN(c2ccc3c(c2)OCO3)C1=O. The average Bonchev–Trinajstić information content (AvgIpc) is 3.28. The number of amides is 3. The first-order chi connectivity index (χ1) is 13.2. The van der Waals surface area contributed by atoms with E-state index in [0.29, 0.717) is 41.5 Å². The van der Waals surface area contributed by atoms with Crippen molar-refractivity contribution in [3.63, 3.8) is 0 Å². The summed E-state index contributed by atoms with van der Waals surface area (Å²) in [7, 11) is 0. The number of ether oxygens (including phenoxy) is 2. The lowest BCUT2D eigenvalue weighted by atomic mass is 10.2. The summed E-state index contributed by atoms with van der Waals surface area (Å²) in [5, 5.41) is 11.8. The van der Waals surface area contributed by atoms with E-state index >= 15 is 0 Å². The van der Waals surface area contributed by atoms with Crippen molar-refractivity contribution in [2.75, 3.05) is 36.6 Å². The third kappa shape index (κ3) is 3.22. The first kappa shape index (κ1) is 16.7. The fourth-order valence-electron chi connectivity index (χ4n) is 3.07. The summed E-state index contributed by atoms with van der Waals surface area (Å²) >= 11 is 0. The Kier molecular flexibility index (Phi) is 4.26. The molecule has 2 aromatic carbocycles.